The fourth-order valence-corrected chi connectivity index (χ4v) is 3.71. The molecule has 1 aliphatic heterocycles. The molecule has 0 unspecified atom stereocenters. The highest BCUT2D eigenvalue weighted by molar-refractivity contribution is 7.89. The van der Waals surface area contributed by atoms with Crippen molar-refractivity contribution in [2.45, 2.75) is 17.9 Å². The van der Waals surface area contributed by atoms with Gasteiger partial charge in [-0.25, -0.2) is 26.3 Å². The van der Waals surface area contributed by atoms with E-state index in [4.69, 9.17) is 9.47 Å². The van der Waals surface area contributed by atoms with Crippen LogP contribution in [0.5, 0.6) is 11.5 Å². The quantitative estimate of drug-likeness (QED) is 0.837. The highest BCUT2D eigenvalue weighted by Crippen LogP contribution is 2.33. The first kappa shape index (κ1) is 17.6. The van der Waals surface area contributed by atoms with Crippen LogP contribution in [0.25, 0.3) is 0 Å². The molecule has 0 spiro atoms. The molecular formula is C16H14F3NO4S. The van der Waals surface area contributed by atoms with E-state index in [0.717, 1.165) is 0 Å². The van der Waals surface area contributed by atoms with Gasteiger partial charge in [0.15, 0.2) is 29.0 Å². The molecule has 9 heteroatoms. The van der Waals surface area contributed by atoms with Crippen LogP contribution in [0.4, 0.5) is 13.2 Å². The maximum Gasteiger partial charge on any atom is 0.244 e. The number of nitrogens with one attached hydrogen (secondary N) is 1. The molecule has 0 radical (unpaired) electrons. The van der Waals surface area contributed by atoms with Crippen LogP contribution in [0.1, 0.15) is 18.5 Å². The van der Waals surface area contributed by atoms with Gasteiger partial charge in [-0.05, 0) is 36.8 Å². The number of benzene rings is 2. The van der Waals surface area contributed by atoms with Gasteiger partial charge < -0.3 is 9.47 Å². The molecule has 2 aromatic carbocycles. The first-order chi connectivity index (χ1) is 11.8. The summed E-state index contributed by atoms with van der Waals surface area (Å²) in [5, 5.41) is 0. The van der Waals surface area contributed by atoms with Crippen LogP contribution in [0.15, 0.2) is 35.2 Å². The Balaban J connectivity index is 1.87. The van der Waals surface area contributed by atoms with Crippen LogP contribution < -0.4 is 14.2 Å². The molecule has 3 rings (SSSR count). The average Bonchev–Trinajstić information content (AvgIpc) is 2.58. The monoisotopic (exact) mass is 373 g/mol. The normalized spacial score (nSPS) is 15.0. The molecule has 25 heavy (non-hydrogen) atoms. The number of halogens is 3. The summed E-state index contributed by atoms with van der Waals surface area (Å²) in [6, 6.07) is 5.32. The lowest BCUT2D eigenvalue weighted by Crippen LogP contribution is -2.28. The van der Waals surface area contributed by atoms with Gasteiger partial charge in [-0.3, -0.25) is 0 Å². The van der Waals surface area contributed by atoms with Gasteiger partial charge in [0.05, 0.1) is 0 Å². The number of hydrogen-bond acceptors (Lipinski definition) is 4. The lowest BCUT2D eigenvalue weighted by molar-refractivity contribution is 0.171. The number of ether oxygens (including phenoxy) is 2. The molecule has 0 aliphatic carbocycles. The fourth-order valence-electron chi connectivity index (χ4n) is 2.41. The third-order valence-electron chi connectivity index (χ3n) is 3.69. The standard InChI is InChI=1S/C16H14F3NO4S/c1-9(10-2-4-12-13(8-10)24-7-6-23-12)20-25(21,22)14-5-3-11(17)15(18)16(14)19/h2-5,8-9,20H,6-7H2,1H3/t9-/m1/s1. The summed E-state index contributed by atoms with van der Waals surface area (Å²) in [6.45, 7) is 2.32. The van der Waals surface area contributed by atoms with Gasteiger partial charge in [0.1, 0.15) is 18.1 Å². The third-order valence-corrected chi connectivity index (χ3v) is 5.25. The Morgan fingerprint density at radius 2 is 1.68 bits per heavy atom. The van der Waals surface area contributed by atoms with Crippen LogP contribution >= 0.6 is 0 Å². The summed E-state index contributed by atoms with van der Waals surface area (Å²) in [5.74, 6) is -4.06. The fraction of sp³-hybridized carbons (Fsp3) is 0.250. The summed E-state index contributed by atoms with van der Waals surface area (Å²) in [4.78, 5) is -0.962. The minimum absolute atomic E-state index is 0.372. The Hall–Kier alpha value is -2.26. The molecule has 1 N–H and O–H groups in total. The lowest BCUT2D eigenvalue weighted by atomic mass is 10.1. The Morgan fingerprint density at radius 3 is 2.40 bits per heavy atom. The van der Waals surface area contributed by atoms with Crippen molar-refractivity contribution in [1.82, 2.24) is 4.72 Å². The van der Waals surface area contributed by atoms with Crippen molar-refractivity contribution in [2.75, 3.05) is 13.2 Å². The van der Waals surface area contributed by atoms with E-state index in [2.05, 4.69) is 4.72 Å². The molecule has 0 saturated heterocycles. The summed E-state index contributed by atoms with van der Waals surface area (Å²) in [6.07, 6.45) is 0. The zero-order chi connectivity index (χ0) is 18.2. The minimum atomic E-state index is -4.40. The van der Waals surface area contributed by atoms with Gasteiger partial charge in [-0.15, -0.1) is 0 Å². The Kier molecular flexibility index (Phi) is 4.61. The molecule has 0 saturated carbocycles. The van der Waals surface area contributed by atoms with Crippen LogP contribution in [0, 0.1) is 17.5 Å². The van der Waals surface area contributed by atoms with Crippen LogP contribution in [0.2, 0.25) is 0 Å². The molecular weight excluding hydrogens is 359 g/mol. The lowest BCUT2D eigenvalue weighted by Gasteiger charge is -2.21. The molecule has 1 atom stereocenters. The highest BCUT2D eigenvalue weighted by atomic mass is 32.2. The van der Waals surface area contributed by atoms with Gasteiger partial charge in [0.25, 0.3) is 0 Å². The molecule has 0 fully saturated rings. The van der Waals surface area contributed by atoms with Crippen molar-refractivity contribution in [2.24, 2.45) is 0 Å². The largest absolute Gasteiger partial charge is 0.486 e. The smallest absolute Gasteiger partial charge is 0.244 e. The molecule has 1 heterocycles. The predicted molar refractivity (Wildman–Crippen MR) is 82.5 cm³/mol. The second-order valence-electron chi connectivity index (χ2n) is 5.42. The average molecular weight is 373 g/mol. The Labute approximate surface area is 142 Å². The third kappa shape index (κ3) is 3.42. The maximum atomic E-state index is 13.8. The van der Waals surface area contributed by atoms with Crippen molar-refractivity contribution in [1.29, 1.82) is 0 Å². The van der Waals surface area contributed by atoms with Crippen molar-refractivity contribution in [3.05, 3.63) is 53.3 Å². The molecule has 134 valence electrons. The van der Waals surface area contributed by atoms with E-state index in [0.29, 0.717) is 42.4 Å². The number of fused-ring (bicyclic) bond motifs is 1. The van der Waals surface area contributed by atoms with E-state index in [-0.39, 0.29) is 0 Å². The zero-order valence-corrected chi connectivity index (χ0v) is 13.9. The van der Waals surface area contributed by atoms with E-state index >= 15 is 0 Å². The number of sulfonamides is 1. The number of rotatable bonds is 4. The van der Waals surface area contributed by atoms with Gasteiger partial charge in [0.2, 0.25) is 10.0 Å². The van der Waals surface area contributed by atoms with Crippen molar-refractivity contribution in [3.63, 3.8) is 0 Å². The summed E-state index contributed by atoms with van der Waals surface area (Å²) >= 11 is 0. The van der Waals surface area contributed by atoms with Crippen molar-refractivity contribution >= 4 is 10.0 Å². The van der Waals surface area contributed by atoms with E-state index in [1.165, 1.54) is 6.92 Å². The first-order valence-electron chi connectivity index (χ1n) is 7.35. The second kappa shape index (κ2) is 6.57. The van der Waals surface area contributed by atoms with Crippen LogP contribution in [-0.4, -0.2) is 21.6 Å². The van der Waals surface area contributed by atoms with E-state index < -0.39 is 38.4 Å². The van der Waals surface area contributed by atoms with Crippen LogP contribution in [0.3, 0.4) is 0 Å². The highest BCUT2D eigenvalue weighted by Gasteiger charge is 2.26. The van der Waals surface area contributed by atoms with Gasteiger partial charge in [-0.2, -0.15) is 0 Å². The molecule has 2 aromatic rings. The van der Waals surface area contributed by atoms with Crippen molar-refractivity contribution in [3.8, 4) is 11.5 Å². The maximum absolute atomic E-state index is 13.8. The first-order valence-corrected chi connectivity index (χ1v) is 8.83. The zero-order valence-electron chi connectivity index (χ0n) is 13.1. The molecule has 0 bridgehead atoms. The second-order valence-corrected chi connectivity index (χ2v) is 7.10. The Morgan fingerprint density at radius 1 is 1.00 bits per heavy atom. The minimum Gasteiger partial charge on any atom is -0.486 e. The topological polar surface area (TPSA) is 64.6 Å². The van der Waals surface area contributed by atoms with E-state index in [9.17, 15) is 21.6 Å². The van der Waals surface area contributed by atoms with Gasteiger partial charge >= 0.3 is 0 Å². The van der Waals surface area contributed by atoms with E-state index in [1.54, 1.807) is 18.2 Å². The van der Waals surface area contributed by atoms with Gasteiger partial charge in [0, 0.05) is 6.04 Å². The van der Waals surface area contributed by atoms with Gasteiger partial charge in [-0.1, -0.05) is 6.07 Å². The predicted octanol–water partition coefficient (Wildman–Crippen LogP) is 2.91. The number of hydrogen-bond donors (Lipinski definition) is 1. The molecule has 1 aliphatic rings. The SMILES string of the molecule is C[C@@H](NS(=O)(=O)c1ccc(F)c(F)c1F)c1ccc2c(c1)OCCO2. The summed E-state index contributed by atoms with van der Waals surface area (Å²) < 4.78 is 77.7. The van der Waals surface area contributed by atoms with E-state index in [1.807, 2.05) is 0 Å². The molecule has 5 nitrogen and oxygen atoms in total. The summed E-state index contributed by atoms with van der Waals surface area (Å²) in [7, 11) is -4.40. The van der Waals surface area contributed by atoms with Crippen LogP contribution in [-0.2, 0) is 10.0 Å². The van der Waals surface area contributed by atoms with Crippen molar-refractivity contribution < 1.29 is 31.1 Å². The summed E-state index contributed by atoms with van der Waals surface area (Å²) in [5.41, 5.74) is 0.538. The molecule has 0 amide bonds. The Bertz CT molecular complexity index is 918. The molecule has 0 aromatic heterocycles.